The van der Waals surface area contributed by atoms with Crippen molar-refractivity contribution in [2.24, 2.45) is 0 Å². The number of aliphatic hydroxyl groups excluding tert-OH is 2. The average molecular weight is 365 g/mol. The molecule has 1 unspecified atom stereocenters. The number of nitrogens with one attached hydrogen (secondary N) is 1. The molecule has 25 heavy (non-hydrogen) atoms. The van der Waals surface area contributed by atoms with Crippen LogP contribution in [0, 0.1) is 0 Å². The summed E-state index contributed by atoms with van der Waals surface area (Å²) in [7, 11) is 1.19. The molecule has 1 aliphatic heterocycles. The molecule has 1 amide bonds. The van der Waals surface area contributed by atoms with Crippen molar-refractivity contribution in [3.63, 3.8) is 0 Å². The van der Waals surface area contributed by atoms with E-state index in [0.717, 1.165) is 13.8 Å². The second-order valence-electron chi connectivity index (χ2n) is 5.70. The number of carbonyl (C=O) groups excluding carboxylic acids is 2. The summed E-state index contributed by atoms with van der Waals surface area (Å²) in [5, 5.41) is 41.4. The average Bonchev–Trinajstić information content (AvgIpc) is 2.49. The van der Waals surface area contributed by atoms with Crippen LogP contribution in [0.3, 0.4) is 0 Å². The molecule has 1 heterocycles. The number of carboxylic acid groups (broad SMARTS) is 1. The second kappa shape index (κ2) is 8.54. The molecule has 0 radical (unpaired) electrons. The lowest BCUT2D eigenvalue weighted by Gasteiger charge is -2.45. The minimum Gasteiger partial charge on any atom is -0.477 e. The molecule has 0 spiro atoms. The summed E-state index contributed by atoms with van der Waals surface area (Å²) in [6.07, 6.45) is -6.36. The van der Waals surface area contributed by atoms with Crippen molar-refractivity contribution in [2.75, 3.05) is 13.7 Å². The van der Waals surface area contributed by atoms with Gasteiger partial charge in [-0.15, -0.1) is 0 Å². The highest BCUT2D eigenvalue weighted by Crippen LogP contribution is 2.32. The van der Waals surface area contributed by atoms with Crippen molar-refractivity contribution in [1.82, 2.24) is 5.32 Å². The predicted molar refractivity (Wildman–Crippen MR) is 79.1 cm³/mol. The molecule has 144 valence electrons. The lowest BCUT2D eigenvalue weighted by atomic mass is 9.88. The van der Waals surface area contributed by atoms with Gasteiger partial charge in [-0.2, -0.15) is 0 Å². The normalized spacial score (nSPS) is 31.7. The number of ether oxygens (including phenoxy) is 3. The molecular weight excluding hydrogens is 342 g/mol. The summed E-state index contributed by atoms with van der Waals surface area (Å²) in [6.45, 7) is 1.58. The first-order valence-electron chi connectivity index (χ1n) is 7.45. The van der Waals surface area contributed by atoms with E-state index in [1.165, 1.54) is 7.11 Å². The molecule has 0 aromatic rings. The molecule has 5 N–H and O–H groups in total. The highest BCUT2D eigenvalue weighted by molar-refractivity contribution is 5.76. The van der Waals surface area contributed by atoms with E-state index in [4.69, 9.17) is 14.2 Å². The van der Waals surface area contributed by atoms with Gasteiger partial charge in [0.05, 0.1) is 19.1 Å². The number of rotatable bonds is 7. The van der Waals surface area contributed by atoms with Gasteiger partial charge < -0.3 is 40.0 Å². The number of aliphatic hydroxyl groups is 3. The number of hydrogen-bond acceptors (Lipinski definition) is 9. The van der Waals surface area contributed by atoms with Gasteiger partial charge in [0.1, 0.15) is 24.4 Å². The lowest BCUT2D eigenvalue weighted by Crippen LogP contribution is -2.68. The van der Waals surface area contributed by atoms with Crippen molar-refractivity contribution in [3.8, 4) is 0 Å². The van der Waals surface area contributed by atoms with E-state index in [0.29, 0.717) is 0 Å². The molecule has 1 aliphatic rings. The SMILES string of the molecule is CO[C@H](CO)[C@@H](O)[C@@H]1OC(O)(C(=O)O)C[C@H](OC(C)=O)[C@H]1NC(C)=O. The topological polar surface area (TPSA) is 172 Å². The fourth-order valence-corrected chi connectivity index (χ4v) is 2.65. The molecular formula is C14H23NO10. The van der Waals surface area contributed by atoms with Gasteiger partial charge in [-0.3, -0.25) is 9.59 Å². The number of carbonyl (C=O) groups is 3. The van der Waals surface area contributed by atoms with Crippen molar-refractivity contribution in [2.45, 2.75) is 56.5 Å². The van der Waals surface area contributed by atoms with Gasteiger partial charge in [0.15, 0.2) is 0 Å². The molecule has 0 bridgehead atoms. The Kier molecular flexibility index (Phi) is 7.26. The van der Waals surface area contributed by atoms with Gasteiger partial charge in [0.2, 0.25) is 5.91 Å². The van der Waals surface area contributed by atoms with Crippen molar-refractivity contribution < 1.29 is 49.0 Å². The number of hydrogen-bond donors (Lipinski definition) is 5. The molecule has 6 atom stereocenters. The maximum atomic E-state index is 11.5. The van der Waals surface area contributed by atoms with E-state index in [2.05, 4.69) is 5.32 Å². The van der Waals surface area contributed by atoms with Crippen LogP contribution in [-0.4, -0.2) is 88.2 Å². The number of esters is 1. The summed E-state index contributed by atoms with van der Waals surface area (Å²) in [4.78, 5) is 34.1. The molecule has 0 aromatic heterocycles. The zero-order chi connectivity index (χ0) is 19.4. The summed E-state index contributed by atoms with van der Waals surface area (Å²) in [5.74, 6) is -5.88. The third-order valence-corrected chi connectivity index (χ3v) is 3.79. The summed E-state index contributed by atoms with van der Waals surface area (Å²) < 4.78 is 15.0. The van der Waals surface area contributed by atoms with E-state index in [9.17, 15) is 34.8 Å². The zero-order valence-electron chi connectivity index (χ0n) is 14.0. The molecule has 11 heteroatoms. The predicted octanol–water partition coefficient (Wildman–Crippen LogP) is -2.65. The van der Waals surface area contributed by atoms with Gasteiger partial charge in [0, 0.05) is 21.0 Å². The molecule has 11 nitrogen and oxygen atoms in total. The molecule has 1 fully saturated rings. The number of amides is 1. The van der Waals surface area contributed by atoms with Crippen LogP contribution in [0.15, 0.2) is 0 Å². The minimum atomic E-state index is -2.77. The van der Waals surface area contributed by atoms with Crippen LogP contribution in [0.5, 0.6) is 0 Å². The first-order chi connectivity index (χ1) is 11.6. The highest BCUT2D eigenvalue weighted by atomic mass is 16.7. The van der Waals surface area contributed by atoms with Gasteiger partial charge in [-0.05, 0) is 0 Å². The molecule has 0 aromatic carbocycles. The van der Waals surface area contributed by atoms with Crippen LogP contribution in [0.25, 0.3) is 0 Å². The molecule has 0 aliphatic carbocycles. The van der Waals surface area contributed by atoms with E-state index < -0.39 is 67.1 Å². The number of aliphatic carboxylic acids is 1. The summed E-state index contributed by atoms with van der Waals surface area (Å²) in [6, 6.07) is -1.18. The highest BCUT2D eigenvalue weighted by Gasteiger charge is 2.55. The third-order valence-electron chi connectivity index (χ3n) is 3.79. The number of methoxy groups -OCH3 is 1. The number of carboxylic acids is 1. The minimum absolute atomic E-state index is 0.568. The Hall–Kier alpha value is -1.79. The van der Waals surface area contributed by atoms with Crippen LogP contribution in [0.1, 0.15) is 20.3 Å². The van der Waals surface area contributed by atoms with Crippen LogP contribution < -0.4 is 5.32 Å². The Morgan fingerprint density at radius 3 is 2.36 bits per heavy atom. The smallest absolute Gasteiger partial charge is 0.364 e. The Labute approximate surface area is 143 Å². The molecule has 1 saturated heterocycles. The summed E-state index contributed by atoms with van der Waals surface area (Å²) >= 11 is 0. The van der Waals surface area contributed by atoms with Gasteiger partial charge in [-0.25, -0.2) is 4.79 Å². The maximum Gasteiger partial charge on any atom is 0.364 e. The Morgan fingerprint density at radius 2 is 1.96 bits per heavy atom. The largest absolute Gasteiger partial charge is 0.477 e. The molecule has 1 rings (SSSR count). The van der Waals surface area contributed by atoms with Crippen molar-refractivity contribution in [1.29, 1.82) is 0 Å². The van der Waals surface area contributed by atoms with Gasteiger partial charge >= 0.3 is 11.9 Å². The van der Waals surface area contributed by atoms with Crippen LogP contribution >= 0.6 is 0 Å². The fourth-order valence-electron chi connectivity index (χ4n) is 2.65. The van der Waals surface area contributed by atoms with Crippen LogP contribution in [0.2, 0.25) is 0 Å². The van der Waals surface area contributed by atoms with Crippen LogP contribution in [-0.2, 0) is 28.6 Å². The Morgan fingerprint density at radius 1 is 1.36 bits per heavy atom. The van der Waals surface area contributed by atoms with Crippen molar-refractivity contribution in [3.05, 3.63) is 0 Å². The molecule has 0 saturated carbocycles. The Bertz CT molecular complexity index is 508. The van der Waals surface area contributed by atoms with Crippen LogP contribution in [0.4, 0.5) is 0 Å². The third kappa shape index (κ3) is 5.09. The lowest BCUT2D eigenvalue weighted by molar-refractivity contribution is -0.297. The van der Waals surface area contributed by atoms with E-state index in [1.807, 2.05) is 0 Å². The van der Waals surface area contributed by atoms with Gasteiger partial charge in [-0.1, -0.05) is 0 Å². The fraction of sp³-hybridized carbons (Fsp3) is 0.786. The first kappa shape index (κ1) is 21.3. The van der Waals surface area contributed by atoms with E-state index in [1.54, 1.807) is 0 Å². The monoisotopic (exact) mass is 365 g/mol. The first-order valence-corrected chi connectivity index (χ1v) is 7.45. The van der Waals surface area contributed by atoms with Crippen molar-refractivity contribution >= 4 is 17.8 Å². The quantitative estimate of drug-likeness (QED) is 0.300. The zero-order valence-corrected chi connectivity index (χ0v) is 14.0. The Balaban J connectivity index is 3.28. The summed E-state index contributed by atoms with van der Waals surface area (Å²) in [5.41, 5.74) is 0. The maximum absolute atomic E-state index is 11.5. The van der Waals surface area contributed by atoms with E-state index in [-0.39, 0.29) is 0 Å². The van der Waals surface area contributed by atoms with E-state index >= 15 is 0 Å². The van der Waals surface area contributed by atoms with Gasteiger partial charge in [0.25, 0.3) is 5.79 Å². The standard InChI is InChI=1S/C14H23NO10/c1-6(17)15-10-8(24-7(2)18)4-14(22,13(20)21)25-12(10)11(19)9(5-16)23-3/h8-12,16,19,22H,4-5H2,1-3H3,(H,15,17)(H,20,21)/t8-,9+,10+,11+,12+,14?/m0/s1. The second-order valence-corrected chi connectivity index (χ2v) is 5.70.